The number of aryl methyl sites for hydroxylation is 2. The number of nitrogens with zero attached hydrogens (tertiary/aromatic N) is 3. The van der Waals surface area contributed by atoms with Gasteiger partial charge in [-0.15, -0.1) is 10.2 Å². The fraction of sp³-hybridized carbons (Fsp3) is 0.217. The third-order valence-corrected chi connectivity index (χ3v) is 6.47. The summed E-state index contributed by atoms with van der Waals surface area (Å²) in [5.41, 5.74) is 2.16. The second-order valence-corrected chi connectivity index (χ2v) is 8.40. The lowest BCUT2D eigenvalue weighted by atomic mass is 9.98. The summed E-state index contributed by atoms with van der Waals surface area (Å²) < 4.78 is 11.4. The molecule has 0 radical (unpaired) electrons. The van der Waals surface area contributed by atoms with Gasteiger partial charge >= 0.3 is 0 Å². The Morgan fingerprint density at radius 3 is 2.74 bits per heavy atom. The lowest BCUT2D eigenvalue weighted by Crippen LogP contribution is -2.29. The van der Waals surface area contributed by atoms with Gasteiger partial charge in [0.25, 0.3) is 5.91 Å². The molecule has 2 aromatic heterocycles. The molecule has 1 aliphatic rings. The van der Waals surface area contributed by atoms with Crippen molar-refractivity contribution in [3.05, 3.63) is 80.1 Å². The van der Waals surface area contributed by atoms with Crippen LogP contribution < -0.4 is 15.1 Å². The van der Waals surface area contributed by atoms with Crippen molar-refractivity contribution < 1.29 is 13.9 Å². The van der Waals surface area contributed by atoms with Crippen molar-refractivity contribution in [1.82, 2.24) is 10.2 Å². The summed E-state index contributed by atoms with van der Waals surface area (Å²) in [5, 5.41) is 10.1. The van der Waals surface area contributed by atoms with E-state index >= 15 is 0 Å². The van der Waals surface area contributed by atoms with Crippen LogP contribution in [0.15, 0.2) is 51.7 Å². The van der Waals surface area contributed by atoms with E-state index in [1.807, 2.05) is 44.2 Å². The Labute approximate surface area is 181 Å². The first-order valence-electron chi connectivity index (χ1n) is 9.89. The number of ether oxygens (including phenoxy) is 1. The Balaban J connectivity index is 1.80. The van der Waals surface area contributed by atoms with Gasteiger partial charge < -0.3 is 9.15 Å². The van der Waals surface area contributed by atoms with E-state index in [1.54, 1.807) is 19.2 Å². The lowest BCUT2D eigenvalue weighted by Gasteiger charge is -2.22. The number of carbonyl (C=O) groups excluding carboxylic acids is 1. The fourth-order valence-corrected chi connectivity index (χ4v) is 4.70. The van der Waals surface area contributed by atoms with Crippen molar-refractivity contribution in [3.63, 3.8) is 0 Å². The summed E-state index contributed by atoms with van der Waals surface area (Å²) in [6.07, 6.45) is 0.705. The van der Waals surface area contributed by atoms with Gasteiger partial charge in [0, 0.05) is 0 Å². The maximum Gasteiger partial charge on any atom is 0.297 e. The number of rotatable bonds is 4. The van der Waals surface area contributed by atoms with Crippen molar-refractivity contribution in [2.24, 2.45) is 0 Å². The van der Waals surface area contributed by atoms with E-state index in [1.165, 1.54) is 16.2 Å². The minimum Gasteiger partial charge on any atom is -0.497 e. The molecule has 31 heavy (non-hydrogen) atoms. The number of hydrogen-bond donors (Lipinski definition) is 0. The molecule has 0 aliphatic carbocycles. The standard InChI is InChI=1S/C23H19N3O4S/c1-4-17-24-25-23(31-17)26-19(13-6-5-7-14(11-13)29-3)18-20(27)15-10-12(2)8-9-16(15)30-21(18)22(26)28/h5-11,19H,4H2,1-3H3. The van der Waals surface area contributed by atoms with Crippen LogP contribution in [0.2, 0.25) is 0 Å². The third kappa shape index (κ3) is 3.02. The molecule has 0 N–H and O–H groups in total. The molecule has 5 rings (SSSR count). The average molecular weight is 433 g/mol. The Hall–Kier alpha value is -3.52. The van der Waals surface area contributed by atoms with Crippen molar-refractivity contribution in [1.29, 1.82) is 0 Å². The molecule has 1 amide bonds. The molecule has 8 heteroatoms. The summed E-state index contributed by atoms with van der Waals surface area (Å²) >= 11 is 1.33. The summed E-state index contributed by atoms with van der Waals surface area (Å²) in [6, 6.07) is 12.0. The van der Waals surface area contributed by atoms with Crippen molar-refractivity contribution >= 4 is 33.3 Å². The highest BCUT2D eigenvalue weighted by Crippen LogP contribution is 2.42. The minimum atomic E-state index is -0.684. The Bertz CT molecular complexity index is 1390. The molecular formula is C23H19N3O4S. The van der Waals surface area contributed by atoms with Crippen LogP contribution in [0.1, 0.15) is 45.2 Å². The summed E-state index contributed by atoms with van der Waals surface area (Å²) in [7, 11) is 1.58. The van der Waals surface area contributed by atoms with Crippen LogP contribution in [0.5, 0.6) is 5.75 Å². The molecule has 0 fully saturated rings. The number of anilines is 1. The Kier molecular flexibility index (Phi) is 4.59. The zero-order valence-corrected chi connectivity index (χ0v) is 18.0. The monoisotopic (exact) mass is 433 g/mol. The molecule has 0 spiro atoms. The van der Waals surface area contributed by atoms with Crippen LogP contribution in [-0.2, 0) is 6.42 Å². The molecule has 156 valence electrons. The first-order valence-corrected chi connectivity index (χ1v) is 10.7. The topological polar surface area (TPSA) is 85.5 Å². The normalized spacial score (nSPS) is 15.5. The number of benzene rings is 2. The van der Waals surface area contributed by atoms with Gasteiger partial charge in [-0.1, -0.05) is 42.0 Å². The van der Waals surface area contributed by atoms with Gasteiger partial charge in [-0.2, -0.15) is 0 Å². The highest BCUT2D eigenvalue weighted by atomic mass is 32.1. The minimum absolute atomic E-state index is 0.0439. The van der Waals surface area contributed by atoms with Crippen LogP contribution in [0, 0.1) is 6.92 Å². The maximum absolute atomic E-state index is 13.6. The smallest absolute Gasteiger partial charge is 0.297 e. The average Bonchev–Trinajstić information content (AvgIpc) is 3.37. The van der Waals surface area contributed by atoms with Crippen LogP contribution >= 0.6 is 11.3 Å². The van der Waals surface area contributed by atoms with E-state index in [2.05, 4.69) is 10.2 Å². The van der Waals surface area contributed by atoms with Gasteiger partial charge in [-0.3, -0.25) is 14.5 Å². The van der Waals surface area contributed by atoms with Crippen molar-refractivity contribution in [2.45, 2.75) is 26.3 Å². The van der Waals surface area contributed by atoms with Crippen LogP contribution in [0.3, 0.4) is 0 Å². The highest BCUT2D eigenvalue weighted by Gasteiger charge is 2.45. The number of hydrogen-bond acceptors (Lipinski definition) is 7. The van der Waals surface area contributed by atoms with Crippen LogP contribution in [0.4, 0.5) is 5.13 Å². The zero-order chi connectivity index (χ0) is 21.7. The molecule has 1 atom stereocenters. The quantitative estimate of drug-likeness (QED) is 0.478. The van der Waals surface area contributed by atoms with Crippen LogP contribution in [-0.4, -0.2) is 23.2 Å². The summed E-state index contributed by atoms with van der Waals surface area (Å²) in [6.45, 7) is 3.89. The second-order valence-electron chi connectivity index (χ2n) is 7.36. The second kappa shape index (κ2) is 7.31. The van der Waals surface area contributed by atoms with Crippen molar-refractivity contribution in [3.8, 4) is 5.75 Å². The Morgan fingerprint density at radius 2 is 2.00 bits per heavy atom. The number of amides is 1. The van der Waals surface area contributed by atoms with Gasteiger partial charge in [0.2, 0.25) is 10.9 Å². The lowest BCUT2D eigenvalue weighted by molar-refractivity contribution is 0.0970. The third-order valence-electron chi connectivity index (χ3n) is 5.40. The van der Waals surface area contributed by atoms with Gasteiger partial charge in [-0.25, -0.2) is 0 Å². The van der Waals surface area contributed by atoms with Gasteiger partial charge in [0.05, 0.1) is 24.1 Å². The number of aromatic nitrogens is 2. The predicted molar refractivity (Wildman–Crippen MR) is 118 cm³/mol. The number of fused-ring (bicyclic) bond motifs is 2. The van der Waals surface area contributed by atoms with Crippen molar-refractivity contribution in [2.75, 3.05) is 12.0 Å². The number of carbonyl (C=O) groups is 1. The molecule has 3 heterocycles. The van der Waals surface area contributed by atoms with E-state index in [-0.39, 0.29) is 11.2 Å². The first-order chi connectivity index (χ1) is 15.0. The fourth-order valence-electron chi connectivity index (χ4n) is 3.90. The summed E-state index contributed by atoms with van der Waals surface area (Å²) in [4.78, 5) is 28.6. The molecule has 2 aromatic carbocycles. The molecule has 7 nitrogen and oxygen atoms in total. The maximum atomic E-state index is 13.6. The van der Waals surface area contributed by atoms with E-state index < -0.39 is 11.9 Å². The summed E-state index contributed by atoms with van der Waals surface area (Å²) in [5.74, 6) is 0.273. The molecule has 4 aromatic rings. The molecule has 0 bridgehead atoms. The van der Waals surface area contributed by atoms with E-state index in [4.69, 9.17) is 9.15 Å². The molecule has 1 unspecified atom stereocenters. The molecule has 0 saturated carbocycles. The van der Waals surface area contributed by atoms with E-state index in [0.29, 0.717) is 33.8 Å². The first kappa shape index (κ1) is 19.4. The SMILES string of the molecule is CCc1nnc(N2C(=O)c3oc4ccc(C)cc4c(=O)c3C2c2cccc(OC)c2)s1. The molecule has 0 saturated heterocycles. The van der Waals surface area contributed by atoms with Gasteiger partial charge in [0.1, 0.15) is 16.3 Å². The van der Waals surface area contributed by atoms with E-state index in [0.717, 1.165) is 16.1 Å². The molecule has 1 aliphatic heterocycles. The number of methoxy groups -OCH3 is 1. The van der Waals surface area contributed by atoms with Gasteiger partial charge in [-0.05, 0) is 43.2 Å². The zero-order valence-electron chi connectivity index (χ0n) is 17.2. The van der Waals surface area contributed by atoms with Crippen LogP contribution in [0.25, 0.3) is 11.0 Å². The molecular weight excluding hydrogens is 414 g/mol. The highest BCUT2D eigenvalue weighted by molar-refractivity contribution is 7.15. The van der Waals surface area contributed by atoms with Gasteiger partial charge in [0.15, 0.2) is 5.43 Å². The Morgan fingerprint density at radius 1 is 1.16 bits per heavy atom. The predicted octanol–water partition coefficient (Wildman–Crippen LogP) is 4.27. The largest absolute Gasteiger partial charge is 0.497 e. The van der Waals surface area contributed by atoms with E-state index in [9.17, 15) is 9.59 Å².